The van der Waals surface area contributed by atoms with Crippen LogP contribution in [0.4, 0.5) is 0 Å². The Hall–Kier alpha value is -2.54. The summed E-state index contributed by atoms with van der Waals surface area (Å²) in [5.41, 5.74) is 2.12. The van der Waals surface area contributed by atoms with E-state index < -0.39 is 0 Å². The molecule has 1 aromatic carbocycles. The van der Waals surface area contributed by atoms with Crippen molar-refractivity contribution in [1.82, 2.24) is 19.6 Å². The second-order valence-electron chi connectivity index (χ2n) is 8.22. The van der Waals surface area contributed by atoms with Crippen LogP contribution in [0.1, 0.15) is 42.6 Å². The van der Waals surface area contributed by atoms with Gasteiger partial charge in [0, 0.05) is 44.8 Å². The average Bonchev–Trinajstić information content (AvgIpc) is 3.20. The van der Waals surface area contributed by atoms with E-state index in [1.807, 2.05) is 36.2 Å². The number of amides is 1. The maximum absolute atomic E-state index is 13.2. The van der Waals surface area contributed by atoms with Crippen molar-refractivity contribution in [2.75, 3.05) is 40.4 Å². The van der Waals surface area contributed by atoms with Crippen molar-refractivity contribution in [3.05, 3.63) is 30.0 Å². The number of hydrogen-bond acceptors (Lipinski definition) is 5. The van der Waals surface area contributed by atoms with Crippen molar-refractivity contribution < 1.29 is 14.3 Å². The lowest BCUT2D eigenvalue weighted by atomic mass is 9.94. The molecule has 1 amide bonds. The molecule has 7 nitrogen and oxygen atoms in total. The zero-order chi connectivity index (χ0) is 21.1. The average molecular weight is 413 g/mol. The van der Waals surface area contributed by atoms with E-state index in [9.17, 15) is 4.79 Å². The number of carbonyl (C=O) groups is 1. The minimum absolute atomic E-state index is 0.0430. The number of carbonyl (C=O) groups excluding carboxylic acids is 1. The van der Waals surface area contributed by atoms with E-state index >= 15 is 0 Å². The lowest BCUT2D eigenvalue weighted by Gasteiger charge is -2.40. The van der Waals surface area contributed by atoms with Crippen molar-refractivity contribution in [1.29, 1.82) is 0 Å². The molecule has 0 bridgehead atoms. The summed E-state index contributed by atoms with van der Waals surface area (Å²) in [7, 11) is 5.08. The van der Waals surface area contributed by atoms with Gasteiger partial charge in [-0.15, -0.1) is 0 Å². The van der Waals surface area contributed by atoms with E-state index in [-0.39, 0.29) is 5.91 Å². The molecule has 2 aliphatic rings. The van der Waals surface area contributed by atoms with Crippen LogP contribution < -0.4 is 9.47 Å². The Balaban J connectivity index is 1.48. The lowest BCUT2D eigenvalue weighted by Crippen LogP contribution is -2.52. The second kappa shape index (κ2) is 9.08. The van der Waals surface area contributed by atoms with Gasteiger partial charge in [0.05, 0.1) is 19.9 Å². The standard InChI is InChI=1S/C23H32N4O3/c1-25-21(16-20(24-25)19-15-18(29-2)9-10-22(19)30-3)23(28)27-13-11-26(12-14-27)17-7-5-4-6-8-17/h9-10,15-17H,4-8,11-14H2,1-3H3. The fraction of sp³-hybridized carbons (Fsp3) is 0.565. The van der Waals surface area contributed by atoms with Gasteiger partial charge in [-0.05, 0) is 37.1 Å². The zero-order valence-electron chi connectivity index (χ0n) is 18.3. The molecule has 1 saturated heterocycles. The Morgan fingerprint density at radius 1 is 1.00 bits per heavy atom. The number of methoxy groups -OCH3 is 2. The first kappa shape index (κ1) is 20.7. The van der Waals surface area contributed by atoms with Gasteiger partial charge >= 0.3 is 0 Å². The molecule has 0 radical (unpaired) electrons. The summed E-state index contributed by atoms with van der Waals surface area (Å²) < 4.78 is 12.5. The van der Waals surface area contributed by atoms with E-state index in [1.165, 1.54) is 32.1 Å². The third kappa shape index (κ3) is 4.17. The van der Waals surface area contributed by atoms with Gasteiger partial charge in [-0.1, -0.05) is 19.3 Å². The highest BCUT2D eigenvalue weighted by Gasteiger charge is 2.29. The fourth-order valence-electron chi connectivity index (χ4n) is 4.71. The first-order valence-electron chi connectivity index (χ1n) is 10.9. The van der Waals surface area contributed by atoms with Crippen molar-refractivity contribution in [3.63, 3.8) is 0 Å². The Morgan fingerprint density at radius 3 is 2.40 bits per heavy atom. The molecule has 162 valence electrons. The molecule has 30 heavy (non-hydrogen) atoms. The molecule has 1 saturated carbocycles. The highest BCUT2D eigenvalue weighted by Crippen LogP contribution is 2.33. The van der Waals surface area contributed by atoms with E-state index in [0.717, 1.165) is 37.5 Å². The number of benzene rings is 1. The Morgan fingerprint density at radius 2 is 1.73 bits per heavy atom. The number of aryl methyl sites for hydroxylation is 1. The first-order chi connectivity index (χ1) is 14.6. The number of rotatable bonds is 5. The van der Waals surface area contributed by atoms with Gasteiger partial charge in [0.25, 0.3) is 5.91 Å². The molecule has 0 unspecified atom stereocenters. The van der Waals surface area contributed by atoms with Crippen LogP contribution >= 0.6 is 0 Å². The molecule has 4 rings (SSSR count). The van der Waals surface area contributed by atoms with Crippen molar-refractivity contribution in [2.45, 2.75) is 38.1 Å². The SMILES string of the molecule is COc1ccc(OC)c(-c2cc(C(=O)N3CCN(C4CCCCC4)CC3)n(C)n2)c1. The molecule has 7 heteroatoms. The molecule has 0 spiro atoms. The van der Waals surface area contributed by atoms with E-state index in [1.54, 1.807) is 18.9 Å². The predicted molar refractivity (Wildman–Crippen MR) is 116 cm³/mol. The van der Waals surface area contributed by atoms with Crippen LogP contribution in [0.3, 0.4) is 0 Å². The minimum atomic E-state index is 0.0430. The molecular formula is C23H32N4O3. The van der Waals surface area contributed by atoms with Crippen molar-refractivity contribution >= 4 is 5.91 Å². The highest BCUT2D eigenvalue weighted by atomic mass is 16.5. The Labute approximate surface area is 178 Å². The molecule has 1 aliphatic heterocycles. The Kier molecular flexibility index (Phi) is 6.27. The summed E-state index contributed by atoms with van der Waals surface area (Å²) in [6, 6.07) is 8.16. The molecular weight excluding hydrogens is 380 g/mol. The molecule has 0 atom stereocenters. The third-order valence-corrected chi connectivity index (χ3v) is 6.47. The van der Waals surface area contributed by atoms with Crippen LogP contribution in [0, 0.1) is 0 Å². The van der Waals surface area contributed by atoms with Gasteiger partial charge in [0.1, 0.15) is 17.2 Å². The van der Waals surface area contributed by atoms with E-state index in [4.69, 9.17) is 9.47 Å². The molecule has 1 aromatic heterocycles. The normalized spacial score (nSPS) is 18.4. The van der Waals surface area contributed by atoms with Crippen molar-refractivity contribution in [3.8, 4) is 22.8 Å². The monoisotopic (exact) mass is 412 g/mol. The van der Waals surface area contributed by atoms with E-state index in [0.29, 0.717) is 23.2 Å². The summed E-state index contributed by atoms with van der Waals surface area (Å²) in [6.45, 7) is 3.48. The van der Waals surface area contributed by atoms with Gasteiger partial charge in [0.2, 0.25) is 0 Å². The predicted octanol–water partition coefficient (Wildman–Crippen LogP) is 3.19. The molecule has 2 aromatic rings. The second-order valence-corrected chi connectivity index (χ2v) is 8.22. The van der Waals surface area contributed by atoms with Gasteiger partial charge in [-0.2, -0.15) is 5.10 Å². The number of nitrogens with zero attached hydrogens (tertiary/aromatic N) is 4. The van der Waals surface area contributed by atoms with Crippen molar-refractivity contribution in [2.24, 2.45) is 7.05 Å². The summed E-state index contributed by atoms with van der Waals surface area (Å²) in [4.78, 5) is 17.8. The van der Waals surface area contributed by atoms with Gasteiger partial charge < -0.3 is 14.4 Å². The first-order valence-corrected chi connectivity index (χ1v) is 10.9. The Bertz CT molecular complexity index is 881. The van der Waals surface area contributed by atoms with E-state index in [2.05, 4.69) is 10.00 Å². The number of piperazine rings is 1. The quantitative estimate of drug-likeness (QED) is 0.755. The number of ether oxygens (including phenoxy) is 2. The summed E-state index contributed by atoms with van der Waals surface area (Å²) >= 11 is 0. The topological polar surface area (TPSA) is 59.8 Å². The third-order valence-electron chi connectivity index (χ3n) is 6.47. The summed E-state index contributed by atoms with van der Waals surface area (Å²) in [6.07, 6.45) is 6.67. The van der Waals surface area contributed by atoms with Crippen LogP contribution in [-0.4, -0.2) is 71.9 Å². The maximum atomic E-state index is 13.2. The zero-order valence-corrected chi connectivity index (χ0v) is 18.3. The molecule has 2 heterocycles. The summed E-state index contributed by atoms with van der Waals surface area (Å²) in [5, 5.41) is 4.59. The van der Waals surface area contributed by atoms with Crippen LogP contribution in [0.15, 0.2) is 24.3 Å². The minimum Gasteiger partial charge on any atom is -0.497 e. The lowest BCUT2D eigenvalue weighted by molar-refractivity contribution is 0.0514. The largest absolute Gasteiger partial charge is 0.497 e. The molecule has 1 aliphatic carbocycles. The van der Waals surface area contributed by atoms with Crippen LogP contribution in [-0.2, 0) is 7.05 Å². The van der Waals surface area contributed by atoms with Crippen LogP contribution in [0.2, 0.25) is 0 Å². The maximum Gasteiger partial charge on any atom is 0.272 e. The highest BCUT2D eigenvalue weighted by molar-refractivity contribution is 5.94. The number of hydrogen-bond donors (Lipinski definition) is 0. The molecule has 0 N–H and O–H groups in total. The van der Waals surface area contributed by atoms with Gasteiger partial charge in [0.15, 0.2) is 0 Å². The number of aromatic nitrogens is 2. The smallest absolute Gasteiger partial charge is 0.272 e. The fourth-order valence-corrected chi connectivity index (χ4v) is 4.71. The van der Waals surface area contributed by atoms with Crippen LogP contribution in [0.5, 0.6) is 11.5 Å². The van der Waals surface area contributed by atoms with Crippen LogP contribution in [0.25, 0.3) is 11.3 Å². The molecule has 2 fully saturated rings. The van der Waals surface area contributed by atoms with Gasteiger partial charge in [-0.3, -0.25) is 14.4 Å². The van der Waals surface area contributed by atoms with Gasteiger partial charge in [-0.25, -0.2) is 0 Å². The summed E-state index contributed by atoms with van der Waals surface area (Å²) in [5.74, 6) is 1.47.